The Morgan fingerprint density at radius 3 is 2.17 bits per heavy atom. The van der Waals surface area contributed by atoms with Gasteiger partial charge in [0.05, 0.1) is 15.6 Å². The molecule has 1 atom stereocenters. The molecule has 214 valence electrons. The van der Waals surface area contributed by atoms with Crippen molar-refractivity contribution in [1.82, 2.24) is 10.2 Å². The molecule has 2 amide bonds. The zero-order valence-electron chi connectivity index (χ0n) is 23.1. The van der Waals surface area contributed by atoms with E-state index in [2.05, 4.69) is 5.32 Å². The summed E-state index contributed by atoms with van der Waals surface area (Å²) in [5.74, 6) is -0.613. The van der Waals surface area contributed by atoms with E-state index in [4.69, 9.17) is 23.2 Å². The van der Waals surface area contributed by atoms with Gasteiger partial charge in [-0.2, -0.15) is 0 Å². The predicted octanol–water partition coefficient (Wildman–Crippen LogP) is 6.08. The van der Waals surface area contributed by atoms with Crippen LogP contribution in [0.5, 0.6) is 0 Å². The molecule has 40 heavy (non-hydrogen) atoms. The molecular weight excluding hydrogens is 569 g/mol. The van der Waals surface area contributed by atoms with Gasteiger partial charge in [-0.3, -0.25) is 13.9 Å². The lowest BCUT2D eigenvalue weighted by Gasteiger charge is -2.33. The summed E-state index contributed by atoms with van der Waals surface area (Å²) < 4.78 is 28.7. The maximum atomic E-state index is 14.1. The van der Waals surface area contributed by atoms with E-state index in [9.17, 15) is 18.0 Å². The van der Waals surface area contributed by atoms with Gasteiger partial charge >= 0.3 is 0 Å². The number of sulfonamides is 1. The number of benzene rings is 3. The number of hydrogen-bond donors (Lipinski definition) is 1. The van der Waals surface area contributed by atoms with Crippen molar-refractivity contribution >= 4 is 50.7 Å². The van der Waals surface area contributed by atoms with Gasteiger partial charge in [0.25, 0.3) is 10.0 Å². The SMILES string of the molecule is CC[C@@H](C(=O)NCC(C)C)N(Cc1ccc(C)cc1)C(=O)CN(c1ccc(Cl)cc1Cl)S(=O)(=O)c1ccccc1. The molecule has 7 nitrogen and oxygen atoms in total. The zero-order valence-corrected chi connectivity index (χ0v) is 25.4. The number of amides is 2. The molecular formula is C30H35Cl2N3O4S. The monoisotopic (exact) mass is 603 g/mol. The Hall–Kier alpha value is -3.07. The number of hydrogen-bond acceptors (Lipinski definition) is 4. The van der Waals surface area contributed by atoms with E-state index in [1.165, 1.54) is 35.2 Å². The number of nitrogens with one attached hydrogen (secondary N) is 1. The van der Waals surface area contributed by atoms with Gasteiger partial charge in [0.1, 0.15) is 12.6 Å². The van der Waals surface area contributed by atoms with Crippen molar-refractivity contribution in [2.24, 2.45) is 5.92 Å². The second-order valence-electron chi connectivity index (χ2n) is 9.99. The van der Waals surface area contributed by atoms with E-state index in [0.29, 0.717) is 18.0 Å². The van der Waals surface area contributed by atoms with Crippen LogP contribution in [-0.2, 0) is 26.2 Å². The van der Waals surface area contributed by atoms with E-state index < -0.39 is 28.5 Å². The molecule has 0 aliphatic rings. The van der Waals surface area contributed by atoms with Crippen molar-refractivity contribution in [3.8, 4) is 0 Å². The molecule has 1 N–H and O–H groups in total. The Balaban J connectivity index is 2.06. The quantitative estimate of drug-likeness (QED) is 0.272. The van der Waals surface area contributed by atoms with Crippen molar-refractivity contribution in [2.45, 2.75) is 51.6 Å². The van der Waals surface area contributed by atoms with Crippen molar-refractivity contribution < 1.29 is 18.0 Å². The van der Waals surface area contributed by atoms with Crippen LogP contribution in [0, 0.1) is 12.8 Å². The van der Waals surface area contributed by atoms with Gasteiger partial charge in [-0.15, -0.1) is 0 Å². The average Bonchev–Trinajstić information content (AvgIpc) is 2.92. The highest BCUT2D eigenvalue weighted by Gasteiger charge is 2.34. The zero-order chi connectivity index (χ0) is 29.4. The Bertz CT molecular complexity index is 1410. The topological polar surface area (TPSA) is 86.8 Å². The molecule has 10 heteroatoms. The summed E-state index contributed by atoms with van der Waals surface area (Å²) in [6, 6.07) is 19.1. The van der Waals surface area contributed by atoms with Crippen LogP contribution in [0.4, 0.5) is 5.69 Å². The van der Waals surface area contributed by atoms with Crippen LogP contribution in [0.15, 0.2) is 77.7 Å². The van der Waals surface area contributed by atoms with Crippen LogP contribution in [-0.4, -0.2) is 44.3 Å². The highest BCUT2D eigenvalue weighted by Crippen LogP contribution is 2.33. The number of aryl methyl sites for hydroxylation is 1. The van der Waals surface area contributed by atoms with E-state index in [-0.39, 0.29) is 34.0 Å². The van der Waals surface area contributed by atoms with E-state index in [1.54, 1.807) is 18.2 Å². The first-order chi connectivity index (χ1) is 18.9. The van der Waals surface area contributed by atoms with Crippen molar-refractivity contribution in [3.05, 3.63) is 94.0 Å². The number of carbonyl (C=O) groups excluding carboxylic acids is 2. The summed E-state index contributed by atoms with van der Waals surface area (Å²) in [6.07, 6.45) is 0.342. The number of nitrogens with zero attached hydrogens (tertiary/aromatic N) is 2. The van der Waals surface area contributed by atoms with Crippen molar-refractivity contribution in [1.29, 1.82) is 0 Å². The fraction of sp³-hybridized carbons (Fsp3) is 0.333. The Morgan fingerprint density at radius 1 is 0.950 bits per heavy atom. The maximum Gasteiger partial charge on any atom is 0.264 e. The Kier molecular flexibility index (Phi) is 11.0. The Labute approximate surface area is 247 Å². The molecule has 0 unspecified atom stereocenters. The summed E-state index contributed by atoms with van der Waals surface area (Å²) in [4.78, 5) is 28.8. The molecule has 0 aliphatic carbocycles. The summed E-state index contributed by atoms with van der Waals surface area (Å²) in [7, 11) is -4.21. The average molecular weight is 605 g/mol. The van der Waals surface area contributed by atoms with Gasteiger partial charge in [0.2, 0.25) is 11.8 Å². The minimum atomic E-state index is -4.21. The van der Waals surface area contributed by atoms with Crippen LogP contribution in [0.3, 0.4) is 0 Å². The van der Waals surface area contributed by atoms with Gasteiger partial charge in [-0.25, -0.2) is 8.42 Å². The molecule has 0 radical (unpaired) electrons. The molecule has 3 rings (SSSR count). The number of rotatable bonds is 12. The maximum absolute atomic E-state index is 14.1. The van der Waals surface area contributed by atoms with Crippen LogP contribution < -0.4 is 9.62 Å². The minimum Gasteiger partial charge on any atom is -0.354 e. The first-order valence-electron chi connectivity index (χ1n) is 13.1. The van der Waals surface area contributed by atoms with Crippen molar-refractivity contribution in [3.63, 3.8) is 0 Å². The molecule has 0 saturated carbocycles. The predicted molar refractivity (Wildman–Crippen MR) is 161 cm³/mol. The molecule has 3 aromatic carbocycles. The molecule has 0 bridgehead atoms. The van der Waals surface area contributed by atoms with E-state index in [1.807, 2.05) is 52.0 Å². The molecule has 0 fully saturated rings. The van der Waals surface area contributed by atoms with E-state index >= 15 is 0 Å². The normalized spacial score (nSPS) is 12.2. The smallest absolute Gasteiger partial charge is 0.264 e. The summed E-state index contributed by atoms with van der Waals surface area (Å²) in [6.45, 7) is 7.76. The second-order valence-corrected chi connectivity index (χ2v) is 12.7. The lowest BCUT2D eigenvalue weighted by atomic mass is 10.1. The van der Waals surface area contributed by atoms with Crippen LogP contribution >= 0.6 is 23.2 Å². The number of carbonyl (C=O) groups is 2. The third-order valence-corrected chi connectivity index (χ3v) is 8.64. The van der Waals surface area contributed by atoms with E-state index in [0.717, 1.165) is 15.4 Å². The van der Waals surface area contributed by atoms with Gasteiger partial charge in [-0.05, 0) is 55.2 Å². The van der Waals surface area contributed by atoms with Gasteiger partial charge in [0, 0.05) is 18.1 Å². The summed E-state index contributed by atoms with van der Waals surface area (Å²) in [5.41, 5.74) is 1.98. The van der Waals surface area contributed by atoms with Crippen LogP contribution in [0.25, 0.3) is 0 Å². The van der Waals surface area contributed by atoms with Crippen LogP contribution in [0.1, 0.15) is 38.3 Å². The lowest BCUT2D eigenvalue weighted by molar-refractivity contribution is -0.140. The highest BCUT2D eigenvalue weighted by atomic mass is 35.5. The first-order valence-corrected chi connectivity index (χ1v) is 15.3. The standard InChI is InChI=1S/C30H35Cl2N3O4S/c1-5-27(30(37)33-18-21(2)3)34(19-23-13-11-22(4)12-14-23)29(36)20-35(28-16-15-24(31)17-26(28)32)40(38,39)25-9-7-6-8-10-25/h6-17,21,27H,5,18-20H2,1-4H3,(H,33,37)/t27-/m0/s1. The first kappa shape index (κ1) is 31.5. The van der Waals surface area contributed by atoms with Crippen molar-refractivity contribution in [2.75, 3.05) is 17.4 Å². The number of halogens is 2. The third-order valence-electron chi connectivity index (χ3n) is 6.33. The fourth-order valence-electron chi connectivity index (χ4n) is 4.15. The minimum absolute atomic E-state index is 0.000573. The van der Waals surface area contributed by atoms with Gasteiger partial charge in [-0.1, -0.05) is 92.0 Å². The largest absolute Gasteiger partial charge is 0.354 e. The fourth-order valence-corrected chi connectivity index (χ4v) is 6.16. The van der Waals surface area contributed by atoms with Crippen LogP contribution in [0.2, 0.25) is 10.0 Å². The molecule has 0 aliphatic heterocycles. The number of anilines is 1. The third kappa shape index (κ3) is 7.99. The molecule has 3 aromatic rings. The second kappa shape index (κ2) is 14.0. The Morgan fingerprint density at radius 2 is 1.60 bits per heavy atom. The van der Waals surface area contributed by atoms with Gasteiger partial charge < -0.3 is 10.2 Å². The molecule has 0 saturated heterocycles. The summed E-state index contributed by atoms with van der Waals surface area (Å²) >= 11 is 12.5. The molecule has 0 aromatic heterocycles. The molecule has 0 heterocycles. The summed E-state index contributed by atoms with van der Waals surface area (Å²) in [5, 5.41) is 3.32. The van der Waals surface area contributed by atoms with Gasteiger partial charge in [0.15, 0.2) is 0 Å². The lowest BCUT2D eigenvalue weighted by Crippen LogP contribution is -2.52. The highest BCUT2D eigenvalue weighted by molar-refractivity contribution is 7.92. The molecule has 0 spiro atoms.